The summed E-state index contributed by atoms with van der Waals surface area (Å²) in [4.78, 5) is 11.7. The minimum Gasteiger partial charge on any atom is -0.351 e. The first-order valence-corrected chi connectivity index (χ1v) is 7.23. The molecule has 82 valence electrons. The summed E-state index contributed by atoms with van der Waals surface area (Å²) in [5, 5.41) is 4.83. The molecule has 0 spiro atoms. The molecule has 1 heterocycles. The van der Waals surface area contributed by atoms with Crippen LogP contribution in [0.5, 0.6) is 0 Å². The van der Waals surface area contributed by atoms with Crippen LogP contribution in [0.3, 0.4) is 0 Å². The van der Waals surface area contributed by atoms with E-state index in [0.29, 0.717) is 12.4 Å². The average Bonchev–Trinajstić information content (AvgIpc) is 2.90. The standard InChI is InChI=1S/C10H11ClINOS/c11-5-10(1-2-10)6-13-9(14)7-3-8(12)15-4-7/h3-4H,1-2,5-6H2,(H,13,14). The zero-order valence-electron chi connectivity index (χ0n) is 8.06. The molecule has 0 saturated heterocycles. The topological polar surface area (TPSA) is 29.1 Å². The second-order valence-corrected chi connectivity index (χ2v) is 7.03. The number of amides is 1. The molecule has 0 bridgehead atoms. The van der Waals surface area contributed by atoms with E-state index in [-0.39, 0.29) is 11.3 Å². The predicted molar refractivity (Wildman–Crippen MR) is 71.8 cm³/mol. The maximum absolute atomic E-state index is 11.7. The van der Waals surface area contributed by atoms with Crippen LogP contribution >= 0.6 is 45.5 Å². The van der Waals surface area contributed by atoms with E-state index in [2.05, 4.69) is 27.9 Å². The molecule has 2 rings (SSSR count). The summed E-state index contributed by atoms with van der Waals surface area (Å²) in [5.74, 6) is 0.666. The van der Waals surface area contributed by atoms with Gasteiger partial charge in [0.1, 0.15) is 0 Å². The van der Waals surface area contributed by atoms with Gasteiger partial charge in [0.25, 0.3) is 5.91 Å². The Hall–Kier alpha value is 0.190. The SMILES string of the molecule is O=C(NCC1(CCl)CC1)c1csc(I)c1. The van der Waals surface area contributed by atoms with Gasteiger partial charge in [-0.05, 0) is 41.5 Å². The summed E-state index contributed by atoms with van der Waals surface area (Å²) in [5.41, 5.74) is 0.954. The molecule has 1 aromatic heterocycles. The third-order valence-corrected chi connectivity index (χ3v) is 5.05. The highest BCUT2D eigenvalue weighted by Crippen LogP contribution is 2.45. The molecule has 1 aliphatic rings. The van der Waals surface area contributed by atoms with Crippen LogP contribution in [0.2, 0.25) is 0 Å². The minimum absolute atomic E-state index is 0.0190. The van der Waals surface area contributed by atoms with Crippen molar-refractivity contribution in [3.05, 3.63) is 19.9 Å². The molecule has 0 atom stereocenters. The van der Waals surface area contributed by atoms with E-state index < -0.39 is 0 Å². The highest BCUT2D eigenvalue weighted by atomic mass is 127. The number of alkyl halides is 1. The van der Waals surface area contributed by atoms with E-state index in [1.807, 2.05) is 11.4 Å². The van der Waals surface area contributed by atoms with Crippen LogP contribution in [0.4, 0.5) is 0 Å². The molecule has 1 aromatic rings. The second-order valence-electron chi connectivity index (χ2n) is 3.96. The fourth-order valence-corrected chi connectivity index (χ4v) is 3.02. The first-order valence-electron chi connectivity index (χ1n) is 4.73. The highest BCUT2D eigenvalue weighted by molar-refractivity contribution is 14.1. The molecule has 15 heavy (non-hydrogen) atoms. The van der Waals surface area contributed by atoms with Crippen molar-refractivity contribution >= 4 is 51.4 Å². The molecule has 0 radical (unpaired) electrons. The highest BCUT2D eigenvalue weighted by Gasteiger charge is 2.41. The van der Waals surface area contributed by atoms with Crippen molar-refractivity contribution in [2.24, 2.45) is 5.41 Å². The van der Waals surface area contributed by atoms with Crippen molar-refractivity contribution < 1.29 is 4.79 Å². The van der Waals surface area contributed by atoms with Crippen molar-refractivity contribution in [2.75, 3.05) is 12.4 Å². The smallest absolute Gasteiger partial charge is 0.252 e. The van der Waals surface area contributed by atoms with Crippen LogP contribution in [0, 0.1) is 8.30 Å². The van der Waals surface area contributed by atoms with Gasteiger partial charge in [-0.25, -0.2) is 0 Å². The van der Waals surface area contributed by atoms with E-state index in [1.54, 1.807) is 11.3 Å². The van der Waals surface area contributed by atoms with Crippen LogP contribution in [0.1, 0.15) is 23.2 Å². The first kappa shape index (κ1) is 11.7. The van der Waals surface area contributed by atoms with E-state index in [0.717, 1.165) is 21.3 Å². The lowest BCUT2D eigenvalue weighted by molar-refractivity contribution is 0.0947. The Bertz CT molecular complexity index is 375. The zero-order chi connectivity index (χ0) is 10.9. The Balaban J connectivity index is 1.88. The summed E-state index contributed by atoms with van der Waals surface area (Å²) in [6.07, 6.45) is 2.27. The van der Waals surface area contributed by atoms with Gasteiger partial charge in [-0.1, -0.05) is 0 Å². The van der Waals surface area contributed by atoms with Gasteiger partial charge in [-0.2, -0.15) is 0 Å². The van der Waals surface area contributed by atoms with Gasteiger partial charge in [0, 0.05) is 23.2 Å². The number of hydrogen-bond acceptors (Lipinski definition) is 2. The normalized spacial score (nSPS) is 17.5. The van der Waals surface area contributed by atoms with E-state index in [1.165, 1.54) is 0 Å². The fourth-order valence-electron chi connectivity index (χ4n) is 1.33. The lowest BCUT2D eigenvalue weighted by Crippen LogP contribution is -2.30. The third-order valence-electron chi connectivity index (χ3n) is 2.69. The molecule has 2 nitrogen and oxygen atoms in total. The largest absolute Gasteiger partial charge is 0.351 e. The molecule has 1 N–H and O–H groups in total. The predicted octanol–water partition coefficient (Wildman–Crippen LogP) is 3.10. The van der Waals surface area contributed by atoms with Crippen molar-refractivity contribution in [3.63, 3.8) is 0 Å². The maximum atomic E-state index is 11.7. The number of nitrogens with one attached hydrogen (secondary N) is 1. The van der Waals surface area contributed by atoms with Gasteiger partial charge in [-0.15, -0.1) is 22.9 Å². The Morgan fingerprint density at radius 2 is 2.40 bits per heavy atom. The third kappa shape index (κ3) is 2.85. The zero-order valence-corrected chi connectivity index (χ0v) is 11.8. The van der Waals surface area contributed by atoms with Gasteiger partial charge in [-0.3, -0.25) is 4.79 Å². The number of carbonyl (C=O) groups excluding carboxylic acids is 1. The Morgan fingerprint density at radius 1 is 1.67 bits per heavy atom. The van der Waals surface area contributed by atoms with Crippen molar-refractivity contribution in [2.45, 2.75) is 12.8 Å². The quantitative estimate of drug-likeness (QED) is 0.652. The fraction of sp³-hybridized carbons (Fsp3) is 0.500. The van der Waals surface area contributed by atoms with Gasteiger partial charge >= 0.3 is 0 Å². The number of halogens is 2. The molecule has 1 fully saturated rings. The number of hydrogen-bond donors (Lipinski definition) is 1. The van der Waals surface area contributed by atoms with Gasteiger partial charge in [0.15, 0.2) is 0 Å². The van der Waals surface area contributed by atoms with E-state index in [4.69, 9.17) is 11.6 Å². The lowest BCUT2D eigenvalue weighted by atomic mass is 10.1. The van der Waals surface area contributed by atoms with Crippen molar-refractivity contribution in [1.82, 2.24) is 5.32 Å². The summed E-state index contributed by atoms with van der Waals surface area (Å²) in [6, 6.07) is 1.90. The Labute approximate surface area is 112 Å². The molecular weight excluding hydrogens is 345 g/mol. The Kier molecular flexibility index (Phi) is 3.57. The van der Waals surface area contributed by atoms with E-state index >= 15 is 0 Å². The van der Waals surface area contributed by atoms with Crippen molar-refractivity contribution in [1.29, 1.82) is 0 Å². The molecule has 0 aromatic carbocycles. The average molecular weight is 356 g/mol. The summed E-state index contributed by atoms with van der Waals surface area (Å²) in [6.45, 7) is 0.710. The Morgan fingerprint density at radius 3 is 2.87 bits per heavy atom. The maximum Gasteiger partial charge on any atom is 0.252 e. The second kappa shape index (κ2) is 4.59. The first-order chi connectivity index (χ1) is 7.15. The van der Waals surface area contributed by atoms with Gasteiger partial charge in [0.2, 0.25) is 0 Å². The van der Waals surface area contributed by atoms with Gasteiger partial charge < -0.3 is 5.32 Å². The summed E-state index contributed by atoms with van der Waals surface area (Å²) < 4.78 is 1.14. The molecular formula is C10H11ClINOS. The molecule has 5 heteroatoms. The number of carbonyl (C=O) groups is 1. The molecule has 1 saturated carbocycles. The van der Waals surface area contributed by atoms with Crippen molar-refractivity contribution in [3.8, 4) is 0 Å². The minimum atomic E-state index is 0.0190. The van der Waals surface area contributed by atoms with Crippen LogP contribution in [0.15, 0.2) is 11.4 Å². The number of thiophene rings is 1. The van der Waals surface area contributed by atoms with Gasteiger partial charge in [0.05, 0.1) is 8.45 Å². The molecule has 0 aliphatic heterocycles. The molecule has 1 aliphatic carbocycles. The number of rotatable bonds is 4. The molecule has 0 unspecified atom stereocenters. The lowest BCUT2D eigenvalue weighted by Gasteiger charge is -2.11. The summed E-state index contributed by atoms with van der Waals surface area (Å²) >= 11 is 9.64. The van der Waals surface area contributed by atoms with Crippen LogP contribution in [-0.2, 0) is 0 Å². The monoisotopic (exact) mass is 355 g/mol. The van der Waals surface area contributed by atoms with Crippen LogP contribution in [-0.4, -0.2) is 18.3 Å². The van der Waals surface area contributed by atoms with E-state index in [9.17, 15) is 4.79 Å². The van der Waals surface area contributed by atoms with Crippen LogP contribution in [0.25, 0.3) is 0 Å². The molecule has 1 amide bonds. The van der Waals surface area contributed by atoms with Crippen LogP contribution < -0.4 is 5.32 Å². The summed E-state index contributed by atoms with van der Waals surface area (Å²) in [7, 11) is 0.